The molecule has 1 aromatic rings. The number of hydrogen-bond donors (Lipinski definition) is 2. The number of hydrogen-bond acceptors (Lipinski definition) is 3. The van der Waals surface area contributed by atoms with Crippen LogP contribution in [0.5, 0.6) is 0 Å². The third kappa shape index (κ3) is 2.99. The van der Waals surface area contributed by atoms with Gasteiger partial charge in [-0.3, -0.25) is 0 Å². The van der Waals surface area contributed by atoms with E-state index in [-0.39, 0.29) is 6.04 Å². The van der Waals surface area contributed by atoms with Crippen LogP contribution in [0.25, 0.3) is 0 Å². The van der Waals surface area contributed by atoms with Crippen molar-refractivity contribution < 1.29 is 5.11 Å². The quantitative estimate of drug-likeness (QED) is 0.854. The van der Waals surface area contributed by atoms with E-state index in [4.69, 9.17) is 5.73 Å². The molecule has 1 saturated heterocycles. The molecule has 1 saturated carbocycles. The van der Waals surface area contributed by atoms with E-state index in [0.717, 1.165) is 36.8 Å². The van der Waals surface area contributed by atoms with Crippen molar-refractivity contribution in [2.75, 3.05) is 18.0 Å². The van der Waals surface area contributed by atoms with Crippen LogP contribution in [-0.2, 0) is 0 Å². The summed E-state index contributed by atoms with van der Waals surface area (Å²) in [5.41, 5.74) is 8.16. The summed E-state index contributed by atoms with van der Waals surface area (Å²) >= 11 is 3.54. The number of piperidine rings is 1. The molecule has 3 rings (SSSR count). The third-order valence-electron chi connectivity index (χ3n) is 5.25. The molecule has 0 bridgehead atoms. The van der Waals surface area contributed by atoms with Crippen molar-refractivity contribution in [1.82, 2.24) is 0 Å². The van der Waals surface area contributed by atoms with Gasteiger partial charge in [-0.05, 0) is 49.9 Å². The number of halogens is 1. The fourth-order valence-electron chi connectivity index (χ4n) is 3.97. The first-order valence-electron chi connectivity index (χ1n) is 8.02. The highest BCUT2D eigenvalue weighted by atomic mass is 79.9. The number of fused-ring (bicyclic) bond motifs is 1. The van der Waals surface area contributed by atoms with E-state index in [1.807, 2.05) is 6.92 Å². The summed E-state index contributed by atoms with van der Waals surface area (Å²) in [6.07, 6.45) is 5.44. The zero-order chi connectivity index (χ0) is 15.0. The number of anilines is 1. The molecule has 0 aromatic heterocycles. The maximum atomic E-state index is 10.8. The highest BCUT2D eigenvalue weighted by Crippen LogP contribution is 2.42. The van der Waals surface area contributed by atoms with Crippen molar-refractivity contribution in [2.45, 2.75) is 50.7 Å². The van der Waals surface area contributed by atoms with E-state index < -0.39 is 5.60 Å². The topological polar surface area (TPSA) is 49.5 Å². The summed E-state index contributed by atoms with van der Waals surface area (Å²) in [6.45, 7) is 3.92. The summed E-state index contributed by atoms with van der Waals surface area (Å²) in [7, 11) is 0. The molecule has 1 aromatic carbocycles. The minimum atomic E-state index is -0.418. The minimum Gasteiger partial charge on any atom is -0.389 e. The molecule has 1 aliphatic carbocycles. The molecule has 4 heteroatoms. The van der Waals surface area contributed by atoms with E-state index in [0.29, 0.717) is 5.92 Å². The van der Waals surface area contributed by atoms with Crippen LogP contribution < -0.4 is 10.6 Å². The second kappa shape index (κ2) is 5.90. The Balaban J connectivity index is 1.85. The number of nitrogens with two attached hydrogens (primary N) is 1. The molecule has 2 fully saturated rings. The first-order valence-corrected chi connectivity index (χ1v) is 8.81. The van der Waals surface area contributed by atoms with Crippen molar-refractivity contribution in [2.24, 2.45) is 11.7 Å². The summed E-state index contributed by atoms with van der Waals surface area (Å²) in [4.78, 5) is 2.43. The minimum absolute atomic E-state index is 0.0182. The van der Waals surface area contributed by atoms with Crippen molar-refractivity contribution >= 4 is 21.6 Å². The number of nitrogens with zero attached hydrogens (tertiary/aromatic N) is 1. The van der Waals surface area contributed by atoms with E-state index in [1.54, 1.807) is 0 Å². The van der Waals surface area contributed by atoms with Gasteiger partial charge in [0.15, 0.2) is 0 Å². The van der Waals surface area contributed by atoms with E-state index >= 15 is 0 Å². The van der Waals surface area contributed by atoms with Gasteiger partial charge in [-0.25, -0.2) is 0 Å². The molecule has 1 heterocycles. The van der Waals surface area contributed by atoms with Crippen LogP contribution in [0.15, 0.2) is 22.7 Å². The lowest BCUT2D eigenvalue weighted by molar-refractivity contribution is -0.0612. The SMILES string of the molecule is CC(N)c1cc(Br)ccc1N1CCC2(O)CCCCC2C1. The van der Waals surface area contributed by atoms with Gasteiger partial charge >= 0.3 is 0 Å². The fraction of sp³-hybridized carbons (Fsp3) is 0.647. The Labute approximate surface area is 135 Å². The van der Waals surface area contributed by atoms with Gasteiger partial charge in [-0.15, -0.1) is 0 Å². The molecule has 116 valence electrons. The molecule has 2 aliphatic rings. The number of aliphatic hydroxyl groups is 1. The third-order valence-corrected chi connectivity index (χ3v) is 5.74. The van der Waals surface area contributed by atoms with Gasteiger partial charge in [0.25, 0.3) is 0 Å². The van der Waals surface area contributed by atoms with E-state index in [1.165, 1.54) is 24.1 Å². The Morgan fingerprint density at radius 1 is 1.38 bits per heavy atom. The van der Waals surface area contributed by atoms with Gasteiger partial charge in [0.1, 0.15) is 0 Å². The van der Waals surface area contributed by atoms with Crippen LogP contribution in [-0.4, -0.2) is 23.8 Å². The summed E-state index contributed by atoms with van der Waals surface area (Å²) in [5.74, 6) is 0.407. The molecular weight excluding hydrogens is 328 g/mol. The second-order valence-electron chi connectivity index (χ2n) is 6.73. The van der Waals surface area contributed by atoms with Crippen LogP contribution in [0, 0.1) is 5.92 Å². The predicted octanol–water partition coefficient (Wildman–Crippen LogP) is 3.60. The summed E-state index contributed by atoms with van der Waals surface area (Å²) in [5, 5.41) is 10.8. The molecule has 3 nitrogen and oxygen atoms in total. The highest BCUT2D eigenvalue weighted by molar-refractivity contribution is 9.10. The molecule has 0 amide bonds. The first-order chi connectivity index (χ1) is 9.99. The van der Waals surface area contributed by atoms with Crippen LogP contribution in [0.3, 0.4) is 0 Å². The zero-order valence-electron chi connectivity index (χ0n) is 12.7. The highest BCUT2D eigenvalue weighted by Gasteiger charge is 2.43. The Bertz CT molecular complexity index is 520. The van der Waals surface area contributed by atoms with Gasteiger partial charge < -0.3 is 15.7 Å². The molecular formula is C17H25BrN2O. The molecule has 3 unspecified atom stereocenters. The van der Waals surface area contributed by atoms with Crippen LogP contribution in [0.1, 0.15) is 50.6 Å². The molecule has 0 radical (unpaired) electrons. The molecule has 21 heavy (non-hydrogen) atoms. The lowest BCUT2D eigenvalue weighted by Gasteiger charge is -2.48. The standard InChI is InChI=1S/C17H25BrN2O/c1-12(19)15-10-14(18)5-6-16(15)20-9-8-17(21)7-3-2-4-13(17)11-20/h5-6,10,12-13,21H,2-4,7-9,11,19H2,1H3. The monoisotopic (exact) mass is 352 g/mol. The lowest BCUT2D eigenvalue weighted by Crippen LogP contribution is -2.53. The van der Waals surface area contributed by atoms with Crippen LogP contribution in [0.4, 0.5) is 5.69 Å². The van der Waals surface area contributed by atoms with Crippen molar-refractivity contribution in [3.63, 3.8) is 0 Å². The van der Waals surface area contributed by atoms with Crippen molar-refractivity contribution in [3.05, 3.63) is 28.2 Å². The molecule has 0 spiro atoms. The van der Waals surface area contributed by atoms with Gasteiger partial charge in [-0.1, -0.05) is 28.8 Å². The van der Waals surface area contributed by atoms with Crippen LogP contribution in [0.2, 0.25) is 0 Å². The molecule has 3 atom stereocenters. The largest absolute Gasteiger partial charge is 0.389 e. The Kier molecular flexibility index (Phi) is 4.30. The predicted molar refractivity (Wildman–Crippen MR) is 90.5 cm³/mol. The van der Waals surface area contributed by atoms with Gasteiger partial charge in [0.05, 0.1) is 5.60 Å². The van der Waals surface area contributed by atoms with Gasteiger partial charge in [0.2, 0.25) is 0 Å². The Hall–Kier alpha value is -0.580. The first kappa shape index (κ1) is 15.3. The van der Waals surface area contributed by atoms with Gasteiger partial charge in [0, 0.05) is 35.2 Å². The average molecular weight is 353 g/mol. The van der Waals surface area contributed by atoms with Crippen LogP contribution >= 0.6 is 15.9 Å². The smallest absolute Gasteiger partial charge is 0.0709 e. The molecule has 1 aliphatic heterocycles. The summed E-state index contributed by atoms with van der Waals surface area (Å²) in [6, 6.07) is 6.39. The molecule has 3 N–H and O–H groups in total. The van der Waals surface area contributed by atoms with Crippen molar-refractivity contribution in [3.8, 4) is 0 Å². The normalized spacial score (nSPS) is 30.9. The fourth-order valence-corrected chi connectivity index (χ4v) is 4.35. The summed E-state index contributed by atoms with van der Waals surface area (Å²) < 4.78 is 1.07. The number of rotatable bonds is 2. The van der Waals surface area contributed by atoms with E-state index in [2.05, 4.69) is 39.0 Å². The van der Waals surface area contributed by atoms with Crippen molar-refractivity contribution in [1.29, 1.82) is 0 Å². The van der Waals surface area contributed by atoms with Gasteiger partial charge in [-0.2, -0.15) is 0 Å². The average Bonchev–Trinajstić information content (AvgIpc) is 2.46. The second-order valence-corrected chi connectivity index (χ2v) is 7.65. The maximum Gasteiger partial charge on any atom is 0.0709 e. The Morgan fingerprint density at radius 2 is 2.19 bits per heavy atom. The zero-order valence-corrected chi connectivity index (χ0v) is 14.3. The van der Waals surface area contributed by atoms with E-state index in [9.17, 15) is 5.11 Å². The lowest BCUT2D eigenvalue weighted by atomic mass is 9.71. The Morgan fingerprint density at radius 3 is 2.95 bits per heavy atom. The maximum absolute atomic E-state index is 10.8. The number of benzene rings is 1.